The first-order valence-corrected chi connectivity index (χ1v) is 10.5. The van der Waals surface area contributed by atoms with Crippen LogP contribution in [0.5, 0.6) is 17.2 Å². The highest BCUT2D eigenvalue weighted by Crippen LogP contribution is 2.32. The van der Waals surface area contributed by atoms with Gasteiger partial charge < -0.3 is 24.3 Å². The molecule has 0 aliphatic carbocycles. The van der Waals surface area contributed by atoms with Gasteiger partial charge in [0.2, 0.25) is 5.91 Å². The largest absolute Gasteiger partial charge is 0.497 e. The number of carbonyl (C=O) groups excluding carboxylic acids is 1. The first-order valence-electron chi connectivity index (χ1n) is 9.01. The van der Waals surface area contributed by atoms with Crippen molar-refractivity contribution in [1.29, 1.82) is 0 Å². The van der Waals surface area contributed by atoms with Crippen molar-refractivity contribution in [1.82, 2.24) is 5.32 Å². The Bertz CT molecular complexity index is 946. The number of nitrogens with zero attached hydrogens (tertiary/aromatic N) is 1. The summed E-state index contributed by atoms with van der Waals surface area (Å²) in [7, 11) is 1.80. The summed E-state index contributed by atoms with van der Waals surface area (Å²) in [6.45, 7) is 0.172. The van der Waals surface area contributed by atoms with Crippen molar-refractivity contribution in [3.63, 3.8) is 0 Å². The number of hydrogen-bond donors (Lipinski definition) is 1. The van der Waals surface area contributed by atoms with E-state index in [0.717, 1.165) is 4.31 Å². The van der Waals surface area contributed by atoms with Gasteiger partial charge in [-0.15, -0.1) is 0 Å². The van der Waals surface area contributed by atoms with Crippen LogP contribution in [-0.2, 0) is 19.6 Å². The third-order valence-corrected chi connectivity index (χ3v) is 5.99. The molecule has 9 nitrogen and oxygen atoms in total. The predicted molar refractivity (Wildman–Crippen MR) is 112 cm³/mol. The van der Waals surface area contributed by atoms with E-state index < -0.39 is 22.5 Å². The van der Waals surface area contributed by atoms with Gasteiger partial charge in [-0.2, -0.15) is 0 Å². The molecular formula is C20H26N2O7S. The van der Waals surface area contributed by atoms with Crippen molar-refractivity contribution in [2.75, 3.05) is 52.4 Å². The van der Waals surface area contributed by atoms with Crippen LogP contribution in [0.1, 0.15) is 0 Å². The topological polar surface area (TPSA) is 103 Å². The van der Waals surface area contributed by atoms with Gasteiger partial charge in [0, 0.05) is 19.7 Å². The van der Waals surface area contributed by atoms with Gasteiger partial charge in [0.1, 0.15) is 12.3 Å². The number of hydrogen-bond acceptors (Lipinski definition) is 7. The number of anilines is 1. The summed E-state index contributed by atoms with van der Waals surface area (Å²) >= 11 is 0. The summed E-state index contributed by atoms with van der Waals surface area (Å²) in [6.07, 6.45) is 0. The quantitative estimate of drug-likeness (QED) is 0.532. The number of amides is 1. The van der Waals surface area contributed by atoms with Gasteiger partial charge in [-0.25, -0.2) is 8.42 Å². The predicted octanol–water partition coefficient (Wildman–Crippen LogP) is 1.67. The number of carbonyl (C=O) groups is 1. The minimum Gasteiger partial charge on any atom is -0.497 e. The Kier molecular flexibility index (Phi) is 8.31. The van der Waals surface area contributed by atoms with Gasteiger partial charge in [-0.3, -0.25) is 9.10 Å². The van der Waals surface area contributed by atoms with Crippen molar-refractivity contribution in [2.45, 2.75) is 4.90 Å². The van der Waals surface area contributed by atoms with Crippen molar-refractivity contribution >= 4 is 21.6 Å². The van der Waals surface area contributed by atoms with Gasteiger partial charge in [0.25, 0.3) is 10.0 Å². The molecule has 0 spiro atoms. The number of ether oxygens (including phenoxy) is 4. The van der Waals surface area contributed by atoms with E-state index in [0.29, 0.717) is 23.8 Å². The third kappa shape index (κ3) is 5.55. The molecular weight excluding hydrogens is 412 g/mol. The molecule has 1 amide bonds. The van der Waals surface area contributed by atoms with Gasteiger partial charge in [0.15, 0.2) is 11.5 Å². The smallest absolute Gasteiger partial charge is 0.264 e. The van der Waals surface area contributed by atoms with Crippen LogP contribution < -0.4 is 23.8 Å². The number of benzene rings is 2. The highest BCUT2D eigenvalue weighted by atomic mass is 32.2. The van der Waals surface area contributed by atoms with E-state index in [-0.39, 0.29) is 17.2 Å². The fourth-order valence-electron chi connectivity index (χ4n) is 2.65. The molecule has 0 radical (unpaired) electrons. The number of methoxy groups -OCH3 is 4. The van der Waals surface area contributed by atoms with Crippen molar-refractivity contribution in [2.24, 2.45) is 0 Å². The summed E-state index contributed by atoms with van der Waals surface area (Å²) in [5, 5.41) is 2.63. The van der Waals surface area contributed by atoms with Crippen molar-refractivity contribution < 1.29 is 32.2 Å². The zero-order valence-corrected chi connectivity index (χ0v) is 18.2. The molecule has 0 bridgehead atoms. The Labute approximate surface area is 176 Å². The number of sulfonamides is 1. The molecule has 0 unspecified atom stereocenters. The van der Waals surface area contributed by atoms with E-state index in [9.17, 15) is 13.2 Å². The normalized spacial score (nSPS) is 10.9. The second-order valence-corrected chi connectivity index (χ2v) is 7.93. The second kappa shape index (κ2) is 10.7. The van der Waals surface area contributed by atoms with E-state index in [1.165, 1.54) is 46.6 Å². The van der Waals surface area contributed by atoms with Crippen molar-refractivity contribution in [3.8, 4) is 17.2 Å². The minimum atomic E-state index is -4.09. The molecule has 0 saturated carbocycles. The summed E-state index contributed by atoms with van der Waals surface area (Å²) in [6, 6.07) is 10.6. The Morgan fingerprint density at radius 2 is 1.60 bits per heavy atom. The van der Waals surface area contributed by atoms with Crippen molar-refractivity contribution in [3.05, 3.63) is 42.5 Å². The standard InChI is InChI=1S/C20H26N2O7S/c1-26-12-11-21-20(23)14-22(15-5-7-16(27-2)8-6-15)30(24,25)17-9-10-18(28-3)19(13-17)29-4/h5-10,13H,11-12,14H2,1-4H3,(H,21,23). The maximum Gasteiger partial charge on any atom is 0.264 e. The Morgan fingerprint density at radius 3 is 2.17 bits per heavy atom. The summed E-state index contributed by atoms with van der Waals surface area (Å²) in [4.78, 5) is 12.3. The highest BCUT2D eigenvalue weighted by Gasteiger charge is 2.28. The van der Waals surface area contributed by atoms with Gasteiger partial charge >= 0.3 is 0 Å². The molecule has 0 heterocycles. The lowest BCUT2D eigenvalue weighted by atomic mass is 10.3. The Morgan fingerprint density at radius 1 is 0.933 bits per heavy atom. The average molecular weight is 439 g/mol. The van der Waals surface area contributed by atoms with Crippen LogP contribution in [0.15, 0.2) is 47.4 Å². The minimum absolute atomic E-state index is 0.0411. The molecule has 164 valence electrons. The molecule has 2 aromatic carbocycles. The van der Waals surface area contributed by atoms with Gasteiger partial charge in [-0.05, 0) is 36.4 Å². The number of nitrogens with one attached hydrogen (secondary N) is 1. The summed E-state index contributed by atoms with van der Waals surface area (Å²) in [5.41, 5.74) is 0.312. The van der Waals surface area contributed by atoms with Crippen LogP contribution in [0, 0.1) is 0 Å². The molecule has 2 aromatic rings. The molecule has 0 aromatic heterocycles. The molecule has 0 aliphatic heterocycles. The van der Waals surface area contributed by atoms with E-state index in [4.69, 9.17) is 18.9 Å². The molecule has 0 atom stereocenters. The van der Waals surface area contributed by atoms with E-state index in [2.05, 4.69) is 5.32 Å². The second-order valence-electron chi connectivity index (χ2n) is 6.07. The maximum absolute atomic E-state index is 13.4. The Balaban J connectivity index is 2.44. The fourth-order valence-corrected chi connectivity index (χ4v) is 4.08. The molecule has 10 heteroatoms. The lowest BCUT2D eigenvalue weighted by Crippen LogP contribution is -2.41. The third-order valence-electron chi connectivity index (χ3n) is 4.22. The van der Waals surface area contributed by atoms with Crippen LogP contribution in [0.3, 0.4) is 0 Å². The molecule has 2 rings (SSSR count). The van der Waals surface area contributed by atoms with Crippen LogP contribution in [-0.4, -0.2) is 62.5 Å². The molecule has 30 heavy (non-hydrogen) atoms. The molecule has 1 N–H and O–H groups in total. The maximum atomic E-state index is 13.4. The van der Waals surface area contributed by atoms with Crippen LogP contribution in [0.2, 0.25) is 0 Å². The van der Waals surface area contributed by atoms with Gasteiger partial charge in [0.05, 0.1) is 38.5 Å². The first-order chi connectivity index (χ1) is 14.4. The highest BCUT2D eigenvalue weighted by molar-refractivity contribution is 7.92. The van der Waals surface area contributed by atoms with E-state index >= 15 is 0 Å². The van der Waals surface area contributed by atoms with E-state index in [1.807, 2.05) is 0 Å². The molecule has 0 saturated heterocycles. The first kappa shape index (κ1) is 23.3. The molecule has 0 fully saturated rings. The monoisotopic (exact) mass is 438 g/mol. The fraction of sp³-hybridized carbons (Fsp3) is 0.350. The van der Waals surface area contributed by atoms with E-state index in [1.54, 1.807) is 24.3 Å². The number of rotatable bonds is 11. The Hall–Kier alpha value is -2.98. The summed E-state index contributed by atoms with van der Waals surface area (Å²) in [5.74, 6) is 0.751. The molecule has 0 aliphatic rings. The zero-order valence-electron chi connectivity index (χ0n) is 17.4. The SMILES string of the molecule is COCCNC(=O)CN(c1ccc(OC)cc1)S(=O)(=O)c1ccc(OC)c(OC)c1. The summed E-state index contributed by atoms with van der Waals surface area (Å²) < 4.78 is 48.3. The zero-order chi connectivity index (χ0) is 22.1. The van der Waals surface area contributed by atoms with Crippen LogP contribution in [0.25, 0.3) is 0 Å². The van der Waals surface area contributed by atoms with Crippen LogP contribution in [0.4, 0.5) is 5.69 Å². The van der Waals surface area contributed by atoms with Gasteiger partial charge in [-0.1, -0.05) is 0 Å². The lowest BCUT2D eigenvalue weighted by Gasteiger charge is -2.24. The lowest BCUT2D eigenvalue weighted by molar-refractivity contribution is -0.119. The van der Waals surface area contributed by atoms with Crippen LogP contribution >= 0.6 is 0 Å². The average Bonchev–Trinajstić information content (AvgIpc) is 2.77.